The van der Waals surface area contributed by atoms with Crippen LogP contribution in [0, 0.1) is 0 Å². The minimum absolute atomic E-state index is 0.248. The number of rotatable bonds is 5. The van der Waals surface area contributed by atoms with Crippen molar-refractivity contribution in [2.45, 2.75) is 9.99 Å². The van der Waals surface area contributed by atoms with Gasteiger partial charge in [0.2, 0.25) is 0 Å². The molecule has 0 saturated carbocycles. The predicted molar refractivity (Wildman–Crippen MR) is 101 cm³/mol. The van der Waals surface area contributed by atoms with Crippen LogP contribution in [0.5, 0.6) is 0 Å². The van der Waals surface area contributed by atoms with Crippen LogP contribution in [0.15, 0.2) is 71.8 Å². The molecule has 0 saturated heterocycles. The van der Waals surface area contributed by atoms with Crippen LogP contribution in [0.1, 0.15) is 15.4 Å². The summed E-state index contributed by atoms with van der Waals surface area (Å²) in [5.41, 5.74) is 2.46. The highest BCUT2D eigenvalue weighted by Crippen LogP contribution is 2.35. The Labute approximate surface area is 160 Å². The van der Waals surface area contributed by atoms with Crippen molar-refractivity contribution in [3.05, 3.63) is 68.0 Å². The number of carbonyl (C=O) groups excluding carboxylic acids is 1. The molecule has 0 atom stereocenters. The fraction of sp³-hybridized carbons (Fsp3) is 0. The molecule has 1 aromatic carbocycles. The van der Waals surface area contributed by atoms with Crippen molar-refractivity contribution in [3.8, 4) is 0 Å². The van der Waals surface area contributed by atoms with E-state index in [9.17, 15) is 4.79 Å². The number of thiophene rings is 1. The van der Waals surface area contributed by atoms with E-state index in [-0.39, 0.29) is 5.91 Å². The summed E-state index contributed by atoms with van der Waals surface area (Å²) in [6.07, 6.45) is 1.46. The number of furan rings is 1. The van der Waals surface area contributed by atoms with Crippen LogP contribution >= 0.6 is 50.6 Å². The van der Waals surface area contributed by atoms with Crippen molar-refractivity contribution in [1.82, 2.24) is 5.43 Å². The van der Waals surface area contributed by atoms with Crippen LogP contribution in [-0.4, -0.2) is 12.1 Å². The van der Waals surface area contributed by atoms with Crippen molar-refractivity contribution in [3.63, 3.8) is 0 Å². The summed E-state index contributed by atoms with van der Waals surface area (Å²) in [4.78, 5) is 13.4. The third-order valence-electron chi connectivity index (χ3n) is 2.80. The van der Waals surface area contributed by atoms with E-state index in [1.54, 1.807) is 12.1 Å². The lowest BCUT2D eigenvalue weighted by atomic mass is 10.4. The van der Waals surface area contributed by atoms with Crippen LogP contribution in [0.4, 0.5) is 0 Å². The van der Waals surface area contributed by atoms with E-state index >= 15 is 0 Å². The van der Waals surface area contributed by atoms with Crippen molar-refractivity contribution < 1.29 is 9.21 Å². The van der Waals surface area contributed by atoms with Gasteiger partial charge in [0.25, 0.3) is 5.91 Å². The van der Waals surface area contributed by atoms with Crippen LogP contribution in [-0.2, 0) is 0 Å². The minimum Gasteiger partial charge on any atom is -0.447 e. The van der Waals surface area contributed by atoms with Crippen LogP contribution in [0.25, 0.3) is 0 Å². The molecule has 24 heavy (non-hydrogen) atoms. The molecule has 0 aliphatic heterocycles. The highest BCUT2D eigenvalue weighted by atomic mass is 79.9. The lowest BCUT2D eigenvalue weighted by molar-refractivity contribution is 0.0959. The molecule has 0 aliphatic rings. The molecule has 0 spiro atoms. The monoisotopic (exact) mass is 440 g/mol. The molecule has 0 radical (unpaired) electrons. The van der Waals surface area contributed by atoms with Gasteiger partial charge >= 0.3 is 0 Å². The zero-order chi connectivity index (χ0) is 16.9. The topological polar surface area (TPSA) is 54.6 Å². The average molecular weight is 442 g/mol. The second-order valence-electron chi connectivity index (χ2n) is 4.52. The molecular formula is C16H10BrClN2O2S2. The van der Waals surface area contributed by atoms with E-state index in [1.165, 1.54) is 29.3 Å². The van der Waals surface area contributed by atoms with Gasteiger partial charge in [-0.1, -0.05) is 29.4 Å². The van der Waals surface area contributed by atoms with Gasteiger partial charge in [0, 0.05) is 16.0 Å². The number of benzene rings is 1. The SMILES string of the molecule is O=C(N/N=C\c1cc(Br)c(Sc2ccc(Cl)cc2)o1)c1cccs1. The Hall–Kier alpha value is -1.54. The molecule has 2 aromatic heterocycles. The number of carbonyl (C=O) groups is 1. The molecule has 3 aromatic rings. The number of hydrazone groups is 1. The molecule has 3 rings (SSSR count). The number of nitrogens with one attached hydrogen (secondary N) is 1. The van der Waals surface area contributed by atoms with Gasteiger partial charge in [-0.05, 0) is 51.6 Å². The van der Waals surface area contributed by atoms with Crippen molar-refractivity contribution in [1.29, 1.82) is 0 Å². The van der Waals surface area contributed by atoms with Gasteiger partial charge in [-0.3, -0.25) is 4.79 Å². The molecule has 0 bridgehead atoms. The van der Waals surface area contributed by atoms with E-state index < -0.39 is 0 Å². The zero-order valence-corrected chi connectivity index (χ0v) is 16.0. The molecule has 0 fully saturated rings. The summed E-state index contributed by atoms with van der Waals surface area (Å²) in [6.45, 7) is 0. The van der Waals surface area contributed by atoms with E-state index in [1.807, 2.05) is 35.7 Å². The predicted octanol–water partition coefficient (Wildman–Crippen LogP) is 5.67. The highest BCUT2D eigenvalue weighted by Gasteiger charge is 2.10. The molecule has 122 valence electrons. The Morgan fingerprint density at radius 1 is 1.33 bits per heavy atom. The molecule has 8 heteroatoms. The van der Waals surface area contributed by atoms with Gasteiger partial charge in [0.15, 0.2) is 5.09 Å². The fourth-order valence-electron chi connectivity index (χ4n) is 1.73. The molecule has 1 amide bonds. The average Bonchev–Trinajstić information content (AvgIpc) is 3.20. The lowest BCUT2D eigenvalue weighted by Gasteiger charge is -1.98. The maximum Gasteiger partial charge on any atom is 0.281 e. The first-order chi connectivity index (χ1) is 11.6. The first-order valence-corrected chi connectivity index (χ1v) is 9.58. The van der Waals surface area contributed by atoms with Crippen LogP contribution in [0.2, 0.25) is 5.02 Å². The van der Waals surface area contributed by atoms with Crippen molar-refractivity contribution in [2.75, 3.05) is 0 Å². The molecule has 1 N–H and O–H groups in total. The number of hydrogen-bond donors (Lipinski definition) is 1. The number of amides is 1. The summed E-state index contributed by atoms with van der Waals surface area (Å²) >= 11 is 12.1. The third-order valence-corrected chi connectivity index (χ3v) is 5.77. The summed E-state index contributed by atoms with van der Waals surface area (Å²) in [6, 6.07) is 12.8. The standard InChI is InChI=1S/C16H10BrClN2O2S2/c17-13-8-11(9-19-20-15(21)14-2-1-7-23-14)22-16(13)24-12-5-3-10(18)4-6-12/h1-9H,(H,20,21)/b19-9-. The van der Waals surface area contributed by atoms with Crippen LogP contribution in [0.3, 0.4) is 0 Å². The Morgan fingerprint density at radius 2 is 2.12 bits per heavy atom. The second-order valence-corrected chi connectivity index (χ2v) is 7.80. The first-order valence-electron chi connectivity index (χ1n) is 6.71. The van der Waals surface area contributed by atoms with E-state index in [2.05, 4.69) is 26.5 Å². The second kappa shape index (κ2) is 8.02. The highest BCUT2D eigenvalue weighted by molar-refractivity contribution is 9.10. The molecule has 0 unspecified atom stereocenters. The van der Waals surface area contributed by atoms with Crippen molar-refractivity contribution >= 4 is 62.8 Å². The Balaban J connectivity index is 1.64. The fourth-order valence-corrected chi connectivity index (χ4v) is 3.80. The number of hydrogen-bond acceptors (Lipinski definition) is 5. The third kappa shape index (κ3) is 4.51. The smallest absolute Gasteiger partial charge is 0.281 e. The largest absolute Gasteiger partial charge is 0.447 e. The van der Waals surface area contributed by atoms with E-state index in [0.29, 0.717) is 20.8 Å². The molecule has 0 aliphatic carbocycles. The van der Waals surface area contributed by atoms with Gasteiger partial charge in [-0.15, -0.1) is 11.3 Å². The van der Waals surface area contributed by atoms with Gasteiger partial charge in [-0.2, -0.15) is 5.10 Å². The molecule has 2 heterocycles. The normalized spacial score (nSPS) is 11.1. The number of nitrogens with zero attached hydrogens (tertiary/aromatic N) is 1. The summed E-state index contributed by atoms with van der Waals surface area (Å²) in [5.74, 6) is 0.285. The van der Waals surface area contributed by atoms with Gasteiger partial charge < -0.3 is 4.42 Å². The van der Waals surface area contributed by atoms with Crippen molar-refractivity contribution in [2.24, 2.45) is 5.10 Å². The van der Waals surface area contributed by atoms with Crippen LogP contribution < -0.4 is 5.43 Å². The van der Waals surface area contributed by atoms with Gasteiger partial charge in [0.1, 0.15) is 5.76 Å². The van der Waals surface area contributed by atoms with E-state index in [0.717, 1.165) is 9.37 Å². The Kier molecular flexibility index (Phi) is 5.78. The molecular weight excluding hydrogens is 432 g/mol. The maximum absolute atomic E-state index is 11.8. The maximum atomic E-state index is 11.8. The first kappa shape index (κ1) is 17.3. The molecule has 4 nitrogen and oxygen atoms in total. The quantitative estimate of drug-likeness (QED) is 0.410. The van der Waals surface area contributed by atoms with E-state index in [4.69, 9.17) is 16.0 Å². The van der Waals surface area contributed by atoms with Gasteiger partial charge in [0.05, 0.1) is 15.6 Å². The minimum atomic E-state index is -0.248. The summed E-state index contributed by atoms with van der Waals surface area (Å²) < 4.78 is 6.52. The lowest BCUT2D eigenvalue weighted by Crippen LogP contribution is -2.15. The summed E-state index contributed by atoms with van der Waals surface area (Å²) in [7, 11) is 0. The van der Waals surface area contributed by atoms with Gasteiger partial charge in [-0.25, -0.2) is 5.43 Å². The number of halogens is 2. The Bertz CT molecular complexity index is 861. The zero-order valence-electron chi connectivity index (χ0n) is 12.0. The summed E-state index contributed by atoms with van der Waals surface area (Å²) in [5, 5.41) is 7.13. The Morgan fingerprint density at radius 3 is 2.83 bits per heavy atom.